The van der Waals surface area contributed by atoms with Crippen molar-refractivity contribution in [1.82, 2.24) is 14.3 Å². The molecule has 1 aliphatic heterocycles. The van der Waals surface area contributed by atoms with Gasteiger partial charge in [0.1, 0.15) is 27.7 Å². The Hall–Kier alpha value is -2.10. The van der Waals surface area contributed by atoms with Crippen LogP contribution in [-0.2, 0) is 10.0 Å². The topological polar surface area (TPSA) is 75.2 Å². The van der Waals surface area contributed by atoms with Crippen LogP contribution >= 0.6 is 11.3 Å². The Morgan fingerprint density at radius 1 is 1.15 bits per heavy atom. The number of piperidine rings is 1. The molecule has 3 aromatic rings. The third-order valence-corrected chi connectivity index (χ3v) is 7.86. The fourth-order valence-corrected chi connectivity index (χ4v) is 6.55. The van der Waals surface area contributed by atoms with E-state index in [1.54, 1.807) is 25.1 Å². The first-order chi connectivity index (χ1) is 13.0. The lowest BCUT2D eigenvalue weighted by Crippen LogP contribution is -2.35. The molecule has 0 atom stereocenters. The molecular formula is C18H19FN4O2S2. The molecule has 1 fully saturated rings. The fraction of sp³-hybridized carbons (Fsp3) is 0.333. The normalized spacial score (nSPS) is 15.9. The lowest BCUT2D eigenvalue weighted by atomic mass is 10.2. The Balaban J connectivity index is 1.86. The summed E-state index contributed by atoms with van der Waals surface area (Å²) in [6, 6.07) is 6.22. The van der Waals surface area contributed by atoms with E-state index < -0.39 is 15.8 Å². The molecule has 0 amide bonds. The number of rotatable bonds is 4. The number of aryl methyl sites for hydroxylation is 1. The number of hydrogen-bond donors (Lipinski definition) is 1. The first-order valence-electron chi connectivity index (χ1n) is 8.74. The number of nitrogens with one attached hydrogen (secondary N) is 1. The zero-order chi connectivity index (χ0) is 19.0. The fourth-order valence-electron chi connectivity index (χ4n) is 3.35. The highest BCUT2D eigenvalue weighted by Crippen LogP contribution is 2.39. The van der Waals surface area contributed by atoms with Gasteiger partial charge in [0.25, 0.3) is 0 Å². The number of nitrogens with zero attached hydrogens (tertiary/aromatic N) is 3. The van der Waals surface area contributed by atoms with Gasteiger partial charge >= 0.3 is 0 Å². The SMILES string of the molecule is Cc1sc2ncnc(Nc3ccccc3F)c2c1S(=O)(=O)N1CCCCC1. The van der Waals surface area contributed by atoms with Crippen molar-refractivity contribution in [1.29, 1.82) is 0 Å². The summed E-state index contributed by atoms with van der Waals surface area (Å²) >= 11 is 1.31. The first-order valence-corrected chi connectivity index (χ1v) is 11.0. The van der Waals surface area contributed by atoms with Gasteiger partial charge in [-0.15, -0.1) is 11.3 Å². The Morgan fingerprint density at radius 2 is 1.89 bits per heavy atom. The van der Waals surface area contributed by atoms with Gasteiger partial charge in [0.2, 0.25) is 10.0 Å². The maximum absolute atomic E-state index is 14.1. The highest BCUT2D eigenvalue weighted by atomic mass is 32.2. The van der Waals surface area contributed by atoms with Crippen molar-refractivity contribution in [2.45, 2.75) is 31.1 Å². The summed E-state index contributed by atoms with van der Waals surface area (Å²) in [5.74, 6) is -0.137. The molecule has 27 heavy (non-hydrogen) atoms. The minimum absolute atomic E-state index is 0.226. The van der Waals surface area contributed by atoms with Gasteiger partial charge in [-0.3, -0.25) is 0 Å². The lowest BCUT2D eigenvalue weighted by molar-refractivity contribution is 0.347. The predicted molar refractivity (Wildman–Crippen MR) is 104 cm³/mol. The van der Waals surface area contributed by atoms with E-state index in [-0.39, 0.29) is 10.6 Å². The van der Waals surface area contributed by atoms with E-state index >= 15 is 0 Å². The zero-order valence-corrected chi connectivity index (χ0v) is 16.4. The largest absolute Gasteiger partial charge is 0.337 e. The highest BCUT2D eigenvalue weighted by molar-refractivity contribution is 7.89. The molecular weight excluding hydrogens is 387 g/mol. The third-order valence-electron chi connectivity index (χ3n) is 4.65. The van der Waals surface area contributed by atoms with Gasteiger partial charge in [0.15, 0.2) is 0 Å². The van der Waals surface area contributed by atoms with Gasteiger partial charge < -0.3 is 5.32 Å². The van der Waals surface area contributed by atoms with Gasteiger partial charge in [-0.05, 0) is 31.9 Å². The maximum atomic E-state index is 14.1. The molecule has 0 spiro atoms. The van der Waals surface area contributed by atoms with Crippen molar-refractivity contribution in [3.63, 3.8) is 0 Å². The second-order valence-electron chi connectivity index (χ2n) is 6.46. The number of thiophene rings is 1. The number of fused-ring (bicyclic) bond motifs is 1. The van der Waals surface area contributed by atoms with Gasteiger partial charge in [-0.25, -0.2) is 22.8 Å². The summed E-state index contributed by atoms with van der Waals surface area (Å²) < 4.78 is 42.3. The maximum Gasteiger partial charge on any atom is 0.244 e. The standard InChI is InChI=1S/C18H19FN4O2S2/c1-12-16(27(24,25)23-9-5-2-6-10-23)15-17(20-11-21-18(15)26-12)22-14-8-4-3-7-13(14)19/h3-4,7-8,11H,2,5-6,9-10H2,1H3,(H,20,21,22). The van der Waals surface area contributed by atoms with E-state index in [9.17, 15) is 12.8 Å². The number of hydrogen-bond acceptors (Lipinski definition) is 6. The number of benzene rings is 1. The Labute approximate surface area is 161 Å². The van der Waals surface area contributed by atoms with E-state index in [2.05, 4.69) is 15.3 Å². The molecule has 2 aromatic heterocycles. The Kier molecular flexibility index (Phi) is 4.83. The van der Waals surface area contributed by atoms with E-state index in [0.29, 0.717) is 34.0 Å². The van der Waals surface area contributed by atoms with Gasteiger partial charge in [-0.2, -0.15) is 4.31 Å². The van der Waals surface area contributed by atoms with Crippen molar-refractivity contribution >= 4 is 43.1 Å². The average Bonchev–Trinajstić information content (AvgIpc) is 3.02. The van der Waals surface area contributed by atoms with Gasteiger partial charge in [0.05, 0.1) is 11.1 Å². The number of sulfonamides is 1. The van der Waals surface area contributed by atoms with Crippen LogP contribution in [0.1, 0.15) is 24.1 Å². The molecule has 1 saturated heterocycles. The summed E-state index contributed by atoms with van der Waals surface area (Å²) in [5, 5.41) is 3.37. The summed E-state index contributed by atoms with van der Waals surface area (Å²) in [4.78, 5) is 9.90. The molecule has 9 heteroatoms. The highest BCUT2D eigenvalue weighted by Gasteiger charge is 2.32. The molecule has 6 nitrogen and oxygen atoms in total. The molecule has 0 radical (unpaired) electrons. The zero-order valence-electron chi connectivity index (χ0n) is 14.8. The summed E-state index contributed by atoms with van der Waals surface area (Å²) in [6.45, 7) is 2.81. The van der Waals surface area contributed by atoms with E-state index in [1.807, 2.05) is 0 Å². The number of anilines is 2. The molecule has 0 aliphatic carbocycles. The predicted octanol–water partition coefficient (Wildman–Crippen LogP) is 4.06. The summed E-state index contributed by atoms with van der Waals surface area (Å²) in [6.07, 6.45) is 4.12. The van der Waals surface area contributed by atoms with Crippen LogP contribution in [0.3, 0.4) is 0 Å². The van der Waals surface area contributed by atoms with Crippen LogP contribution in [0.2, 0.25) is 0 Å². The van der Waals surface area contributed by atoms with Crippen molar-refractivity contribution in [3.8, 4) is 0 Å². The minimum atomic E-state index is -3.67. The van der Waals surface area contributed by atoms with E-state index in [1.165, 1.54) is 28.0 Å². The van der Waals surface area contributed by atoms with Crippen LogP contribution in [0.25, 0.3) is 10.2 Å². The van der Waals surface area contributed by atoms with Crippen molar-refractivity contribution in [2.24, 2.45) is 0 Å². The Morgan fingerprint density at radius 3 is 2.63 bits per heavy atom. The van der Waals surface area contributed by atoms with Crippen LogP contribution in [0.15, 0.2) is 35.5 Å². The van der Waals surface area contributed by atoms with Crippen LogP contribution < -0.4 is 5.32 Å². The van der Waals surface area contributed by atoms with E-state index in [4.69, 9.17) is 0 Å². The second kappa shape index (κ2) is 7.14. The quantitative estimate of drug-likeness (QED) is 0.707. The van der Waals surface area contributed by atoms with Crippen LogP contribution in [0, 0.1) is 12.7 Å². The number of aromatic nitrogens is 2. The molecule has 3 heterocycles. The minimum Gasteiger partial charge on any atom is -0.337 e. The average molecular weight is 407 g/mol. The monoisotopic (exact) mass is 406 g/mol. The van der Waals surface area contributed by atoms with Crippen LogP contribution in [0.4, 0.5) is 15.9 Å². The summed E-state index contributed by atoms with van der Waals surface area (Å²) in [5.41, 5.74) is 0.239. The second-order valence-corrected chi connectivity index (χ2v) is 9.54. The van der Waals surface area contributed by atoms with E-state index in [0.717, 1.165) is 19.3 Å². The third kappa shape index (κ3) is 3.30. The molecule has 142 valence electrons. The molecule has 4 rings (SSSR count). The Bertz CT molecular complexity index is 1090. The lowest BCUT2D eigenvalue weighted by Gasteiger charge is -2.26. The van der Waals surface area contributed by atoms with Crippen molar-refractivity contribution < 1.29 is 12.8 Å². The van der Waals surface area contributed by atoms with Crippen molar-refractivity contribution in [3.05, 3.63) is 41.3 Å². The first kappa shape index (κ1) is 18.3. The van der Waals surface area contributed by atoms with Gasteiger partial charge in [0, 0.05) is 18.0 Å². The van der Waals surface area contributed by atoms with Gasteiger partial charge in [-0.1, -0.05) is 18.6 Å². The molecule has 1 aliphatic rings. The number of para-hydroxylation sites is 1. The molecule has 0 bridgehead atoms. The van der Waals surface area contributed by atoms with Crippen molar-refractivity contribution in [2.75, 3.05) is 18.4 Å². The molecule has 1 aromatic carbocycles. The summed E-state index contributed by atoms with van der Waals surface area (Å²) in [7, 11) is -3.67. The molecule has 0 unspecified atom stereocenters. The van der Waals surface area contributed by atoms with Crippen LogP contribution in [-0.4, -0.2) is 35.8 Å². The number of halogens is 1. The van der Waals surface area contributed by atoms with Crippen LogP contribution in [0.5, 0.6) is 0 Å². The molecule has 1 N–H and O–H groups in total. The smallest absolute Gasteiger partial charge is 0.244 e. The molecule has 0 saturated carbocycles.